The van der Waals surface area contributed by atoms with E-state index < -0.39 is 0 Å². The molecule has 1 heteroatoms. The molecule has 1 nitrogen and oxygen atoms in total. The lowest BCUT2D eigenvalue weighted by Gasteiger charge is -2.17. The SMILES string of the molecule is CCCCCCCCCCCC1OC1CCCCC(C)C(C)CC. The van der Waals surface area contributed by atoms with Crippen molar-refractivity contribution in [3.05, 3.63) is 0 Å². The third-order valence-electron chi connectivity index (χ3n) is 6.29. The summed E-state index contributed by atoms with van der Waals surface area (Å²) in [6, 6.07) is 0. The van der Waals surface area contributed by atoms with Crippen molar-refractivity contribution >= 4 is 0 Å². The maximum absolute atomic E-state index is 5.86. The van der Waals surface area contributed by atoms with Gasteiger partial charge in [0, 0.05) is 0 Å². The van der Waals surface area contributed by atoms with Crippen molar-refractivity contribution in [3.8, 4) is 0 Å². The predicted molar refractivity (Wildman–Crippen MR) is 108 cm³/mol. The third-order valence-corrected chi connectivity index (χ3v) is 6.29. The molecule has 4 atom stereocenters. The molecule has 0 spiro atoms. The highest BCUT2D eigenvalue weighted by Gasteiger charge is 2.36. The van der Waals surface area contributed by atoms with Crippen molar-refractivity contribution in [2.45, 2.75) is 136 Å². The van der Waals surface area contributed by atoms with Gasteiger partial charge in [0.05, 0.1) is 12.2 Å². The second kappa shape index (κ2) is 14.2. The fraction of sp³-hybridized carbons (Fsp3) is 1.00. The Morgan fingerprint density at radius 3 is 1.67 bits per heavy atom. The number of hydrogen-bond donors (Lipinski definition) is 0. The molecule has 1 aliphatic heterocycles. The molecule has 1 heterocycles. The van der Waals surface area contributed by atoms with Crippen LogP contribution in [0.1, 0.15) is 124 Å². The molecule has 0 radical (unpaired) electrons. The van der Waals surface area contributed by atoms with E-state index in [0.29, 0.717) is 12.2 Å². The zero-order valence-corrected chi connectivity index (χ0v) is 17.3. The Hall–Kier alpha value is -0.0400. The Kier molecular flexibility index (Phi) is 13.0. The smallest absolute Gasteiger partial charge is 0.0841 e. The van der Waals surface area contributed by atoms with E-state index in [4.69, 9.17) is 4.74 Å². The summed E-state index contributed by atoms with van der Waals surface area (Å²) in [7, 11) is 0. The first kappa shape index (κ1) is 22.0. The highest BCUT2D eigenvalue weighted by molar-refractivity contribution is 4.84. The van der Waals surface area contributed by atoms with Gasteiger partial charge in [0.2, 0.25) is 0 Å². The molecular weight excluding hydrogens is 292 g/mol. The first-order valence-corrected chi connectivity index (χ1v) is 11.3. The van der Waals surface area contributed by atoms with Gasteiger partial charge in [-0.15, -0.1) is 0 Å². The fourth-order valence-corrected chi connectivity index (χ4v) is 3.84. The Labute approximate surface area is 153 Å². The molecule has 0 aromatic carbocycles. The van der Waals surface area contributed by atoms with Crippen molar-refractivity contribution in [2.24, 2.45) is 11.8 Å². The number of epoxide rings is 1. The van der Waals surface area contributed by atoms with E-state index in [-0.39, 0.29) is 0 Å². The van der Waals surface area contributed by atoms with Gasteiger partial charge >= 0.3 is 0 Å². The molecule has 24 heavy (non-hydrogen) atoms. The molecule has 0 saturated carbocycles. The zero-order valence-electron chi connectivity index (χ0n) is 17.3. The Morgan fingerprint density at radius 1 is 0.625 bits per heavy atom. The molecule has 1 fully saturated rings. The van der Waals surface area contributed by atoms with Crippen LogP contribution in [-0.2, 0) is 4.74 Å². The maximum Gasteiger partial charge on any atom is 0.0841 e. The van der Waals surface area contributed by atoms with Gasteiger partial charge in [0.25, 0.3) is 0 Å². The van der Waals surface area contributed by atoms with Gasteiger partial charge in [-0.2, -0.15) is 0 Å². The van der Waals surface area contributed by atoms with Crippen LogP contribution in [-0.4, -0.2) is 12.2 Å². The molecule has 0 aliphatic carbocycles. The summed E-state index contributed by atoms with van der Waals surface area (Å²) in [5.41, 5.74) is 0. The quantitative estimate of drug-likeness (QED) is 0.194. The van der Waals surface area contributed by atoms with Gasteiger partial charge in [-0.05, 0) is 24.7 Å². The minimum absolute atomic E-state index is 0.623. The van der Waals surface area contributed by atoms with Gasteiger partial charge in [-0.25, -0.2) is 0 Å². The zero-order chi connectivity index (χ0) is 17.6. The average molecular weight is 339 g/mol. The van der Waals surface area contributed by atoms with Crippen molar-refractivity contribution in [2.75, 3.05) is 0 Å². The molecule has 0 aromatic heterocycles. The topological polar surface area (TPSA) is 12.5 Å². The molecule has 144 valence electrons. The number of ether oxygens (including phenoxy) is 1. The van der Waals surface area contributed by atoms with Crippen LogP contribution in [0.3, 0.4) is 0 Å². The van der Waals surface area contributed by atoms with Crippen LogP contribution >= 0.6 is 0 Å². The second-order valence-electron chi connectivity index (χ2n) is 8.48. The minimum atomic E-state index is 0.623. The number of unbranched alkanes of at least 4 members (excludes halogenated alkanes) is 9. The summed E-state index contributed by atoms with van der Waals surface area (Å²) in [6.07, 6.45) is 22.3. The normalized spacial score (nSPS) is 22.5. The summed E-state index contributed by atoms with van der Waals surface area (Å²) in [5.74, 6) is 1.79. The molecular formula is C23H46O. The summed E-state index contributed by atoms with van der Waals surface area (Å²) >= 11 is 0. The van der Waals surface area contributed by atoms with E-state index in [1.165, 1.54) is 96.3 Å². The lowest BCUT2D eigenvalue weighted by atomic mass is 9.89. The van der Waals surface area contributed by atoms with Crippen LogP contribution in [0.4, 0.5) is 0 Å². The highest BCUT2D eigenvalue weighted by atomic mass is 16.6. The highest BCUT2D eigenvalue weighted by Crippen LogP contribution is 2.32. The van der Waals surface area contributed by atoms with Crippen molar-refractivity contribution in [1.29, 1.82) is 0 Å². The summed E-state index contributed by atoms with van der Waals surface area (Å²) in [4.78, 5) is 0. The van der Waals surface area contributed by atoms with E-state index in [1.807, 2.05) is 0 Å². The molecule has 4 unspecified atom stereocenters. The lowest BCUT2D eigenvalue weighted by molar-refractivity contribution is 0.328. The van der Waals surface area contributed by atoms with Gasteiger partial charge < -0.3 is 4.74 Å². The molecule has 1 saturated heterocycles. The molecule has 0 amide bonds. The van der Waals surface area contributed by atoms with E-state index in [2.05, 4.69) is 27.7 Å². The van der Waals surface area contributed by atoms with E-state index in [1.54, 1.807) is 0 Å². The number of rotatable bonds is 17. The summed E-state index contributed by atoms with van der Waals surface area (Å²) in [5, 5.41) is 0. The molecule has 0 bridgehead atoms. The monoisotopic (exact) mass is 338 g/mol. The summed E-state index contributed by atoms with van der Waals surface area (Å²) in [6.45, 7) is 9.43. The summed E-state index contributed by atoms with van der Waals surface area (Å²) < 4.78 is 5.86. The van der Waals surface area contributed by atoms with Crippen LogP contribution in [0.5, 0.6) is 0 Å². The van der Waals surface area contributed by atoms with Crippen molar-refractivity contribution < 1.29 is 4.74 Å². The van der Waals surface area contributed by atoms with E-state index in [0.717, 1.165) is 11.8 Å². The van der Waals surface area contributed by atoms with Gasteiger partial charge in [0.1, 0.15) is 0 Å². The predicted octanol–water partition coefficient (Wildman–Crippen LogP) is 7.92. The first-order valence-electron chi connectivity index (χ1n) is 11.3. The van der Waals surface area contributed by atoms with Gasteiger partial charge in [0.15, 0.2) is 0 Å². The maximum atomic E-state index is 5.86. The van der Waals surface area contributed by atoms with Crippen LogP contribution < -0.4 is 0 Å². The Bertz CT molecular complexity index is 275. The van der Waals surface area contributed by atoms with E-state index in [9.17, 15) is 0 Å². The van der Waals surface area contributed by atoms with Crippen LogP contribution in [0.2, 0.25) is 0 Å². The largest absolute Gasteiger partial charge is 0.370 e. The van der Waals surface area contributed by atoms with Crippen LogP contribution in [0.15, 0.2) is 0 Å². The van der Waals surface area contributed by atoms with Gasteiger partial charge in [-0.1, -0.05) is 111 Å². The van der Waals surface area contributed by atoms with Crippen molar-refractivity contribution in [1.82, 2.24) is 0 Å². The minimum Gasteiger partial charge on any atom is -0.370 e. The van der Waals surface area contributed by atoms with Crippen LogP contribution in [0, 0.1) is 11.8 Å². The second-order valence-corrected chi connectivity index (χ2v) is 8.48. The van der Waals surface area contributed by atoms with Crippen molar-refractivity contribution in [3.63, 3.8) is 0 Å². The van der Waals surface area contributed by atoms with Gasteiger partial charge in [-0.3, -0.25) is 0 Å². The molecule has 1 aliphatic rings. The molecule has 1 rings (SSSR count). The van der Waals surface area contributed by atoms with Crippen LogP contribution in [0.25, 0.3) is 0 Å². The Balaban J connectivity index is 1.81. The Morgan fingerprint density at radius 2 is 1.12 bits per heavy atom. The molecule has 0 N–H and O–H groups in total. The molecule has 0 aromatic rings. The number of hydrogen-bond acceptors (Lipinski definition) is 1. The van der Waals surface area contributed by atoms with E-state index >= 15 is 0 Å². The third kappa shape index (κ3) is 10.7. The first-order chi connectivity index (χ1) is 11.7. The fourth-order valence-electron chi connectivity index (χ4n) is 3.84. The average Bonchev–Trinajstić information content (AvgIpc) is 3.34. The standard InChI is InChI=1S/C23H46O/c1-5-7-8-9-10-11-12-13-14-18-22-23(24-22)19-16-15-17-21(4)20(3)6-2/h20-23H,5-19H2,1-4H3. The lowest BCUT2D eigenvalue weighted by Crippen LogP contribution is -2.06.